The Bertz CT molecular complexity index is 620. The van der Waals surface area contributed by atoms with Crippen LogP contribution >= 0.6 is 39.9 Å². The van der Waals surface area contributed by atoms with Gasteiger partial charge in [0.1, 0.15) is 0 Å². The van der Waals surface area contributed by atoms with E-state index in [-0.39, 0.29) is 29.9 Å². The maximum absolute atomic E-state index is 12.5. The van der Waals surface area contributed by atoms with Crippen molar-refractivity contribution in [2.24, 2.45) is 18.0 Å². The SMILES string of the molecule is CCNC(=NCC1CCN(CC(F)(F)F)C1)N(C)Cc1cc(Br)cn1C.I. The molecule has 0 amide bonds. The minimum atomic E-state index is -4.13. The zero-order valence-electron chi connectivity index (χ0n) is 15.9. The molecule has 2 rings (SSSR count). The molecule has 1 fully saturated rings. The highest BCUT2D eigenvalue weighted by Crippen LogP contribution is 2.23. The van der Waals surface area contributed by atoms with E-state index in [2.05, 4.69) is 36.9 Å². The van der Waals surface area contributed by atoms with Crippen LogP contribution < -0.4 is 5.32 Å². The second kappa shape index (κ2) is 10.9. The van der Waals surface area contributed by atoms with Gasteiger partial charge in [0.2, 0.25) is 0 Å². The van der Waals surface area contributed by atoms with Crippen LogP contribution in [0.25, 0.3) is 0 Å². The van der Waals surface area contributed by atoms with E-state index in [1.807, 2.05) is 32.1 Å². The van der Waals surface area contributed by atoms with Gasteiger partial charge in [-0.3, -0.25) is 9.89 Å². The molecule has 27 heavy (non-hydrogen) atoms. The molecular formula is C17H28BrF3IN5. The number of halogens is 5. The molecule has 1 aliphatic heterocycles. The molecule has 2 heterocycles. The summed E-state index contributed by atoms with van der Waals surface area (Å²) in [6.07, 6.45) is -1.37. The lowest BCUT2D eigenvalue weighted by Gasteiger charge is -2.23. The molecular weight excluding hydrogens is 538 g/mol. The van der Waals surface area contributed by atoms with Gasteiger partial charge in [0.25, 0.3) is 0 Å². The number of hydrogen-bond acceptors (Lipinski definition) is 2. The quantitative estimate of drug-likeness (QED) is 0.325. The van der Waals surface area contributed by atoms with Crippen molar-refractivity contribution in [3.8, 4) is 0 Å². The molecule has 0 aliphatic carbocycles. The highest BCUT2D eigenvalue weighted by atomic mass is 127. The minimum Gasteiger partial charge on any atom is -0.357 e. The van der Waals surface area contributed by atoms with Gasteiger partial charge < -0.3 is 14.8 Å². The number of aryl methyl sites for hydroxylation is 1. The standard InChI is InChI=1S/C17H27BrF3N5.HI/c1-4-22-16(25(3)11-15-7-14(18)10-24(15)2)23-8-13-5-6-26(9-13)12-17(19,20)21;/h7,10,13H,4-6,8-9,11-12H2,1-3H3,(H,22,23);1H. The third kappa shape index (κ3) is 8.18. The zero-order valence-corrected chi connectivity index (χ0v) is 19.8. The molecule has 0 spiro atoms. The average molecular weight is 566 g/mol. The van der Waals surface area contributed by atoms with E-state index in [1.165, 1.54) is 4.90 Å². The van der Waals surface area contributed by atoms with Crippen LogP contribution in [-0.4, -0.2) is 66.3 Å². The number of aliphatic imine (C=N–C) groups is 1. The largest absolute Gasteiger partial charge is 0.401 e. The number of guanidine groups is 1. The van der Waals surface area contributed by atoms with Crippen molar-refractivity contribution in [2.75, 3.05) is 39.8 Å². The summed E-state index contributed by atoms with van der Waals surface area (Å²) < 4.78 is 40.6. The fourth-order valence-corrected chi connectivity index (χ4v) is 3.76. The van der Waals surface area contributed by atoms with E-state index in [9.17, 15) is 13.2 Å². The Labute approximate surface area is 184 Å². The molecule has 10 heteroatoms. The molecule has 1 unspecified atom stereocenters. The van der Waals surface area contributed by atoms with Gasteiger partial charge in [-0.2, -0.15) is 13.2 Å². The summed E-state index contributed by atoms with van der Waals surface area (Å²) in [6.45, 7) is 4.10. The number of rotatable bonds is 6. The lowest BCUT2D eigenvalue weighted by atomic mass is 10.1. The summed E-state index contributed by atoms with van der Waals surface area (Å²) in [5.74, 6) is 0.947. The van der Waals surface area contributed by atoms with Gasteiger partial charge in [0.05, 0.1) is 13.1 Å². The van der Waals surface area contributed by atoms with Gasteiger partial charge in [-0.1, -0.05) is 0 Å². The first-order valence-electron chi connectivity index (χ1n) is 8.77. The normalized spacial score (nSPS) is 18.5. The minimum absolute atomic E-state index is 0. The van der Waals surface area contributed by atoms with Gasteiger partial charge in [-0.05, 0) is 47.8 Å². The molecule has 0 radical (unpaired) electrons. The van der Waals surface area contributed by atoms with Crippen LogP contribution in [0.4, 0.5) is 13.2 Å². The first-order chi connectivity index (χ1) is 12.2. The Balaban J connectivity index is 0.00000364. The van der Waals surface area contributed by atoms with Crippen molar-refractivity contribution in [1.82, 2.24) is 19.7 Å². The fraction of sp³-hybridized carbons (Fsp3) is 0.706. The van der Waals surface area contributed by atoms with Gasteiger partial charge >= 0.3 is 6.18 Å². The Hall–Kier alpha value is -0.490. The monoisotopic (exact) mass is 565 g/mol. The molecule has 156 valence electrons. The first-order valence-corrected chi connectivity index (χ1v) is 9.56. The Morgan fingerprint density at radius 1 is 1.44 bits per heavy atom. The van der Waals surface area contributed by atoms with Crippen LogP contribution in [0.1, 0.15) is 19.0 Å². The number of alkyl halides is 3. The van der Waals surface area contributed by atoms with Crippen molar-refractivity contribution in [3.05, 3.63) is 22.4 Å². The maximum atomic E-state index is 12.5. The highest BCUT2D eigenvalue weighted by Gasteiger charge is 2.34. The lowest BCUT2D eigenvalue weighted by Crippen LogP contribution is -2.39. The van der Waals surface area contributed by atoms with Gasteiger partial charge in [0.15, 0.2) is 5.96 Å². The van der Waals surface area contributed by atoms with Crippen molar-refractivity contribution < 1.29 is 13.2 Å². The maximum Gasteiger partial charge on any atom is 0.401 e. The van der Waals surface area contributed by atoms with Crippen LogP contribution in [0.5, 0.6) is 0 Å². The number of likely N-dealkylation sites (tertiary alicyclic amines) is 1. The van der Waals surface area contributed by atoms with Crippen LogP contribution in [-0.2, 0) is 13.6 Å². The van der Waals surface area contributed by atoms with E-state index in [0.29, 0.717) is 26.2 Å². The van der Waals surface area contributed by atoms with E-state index < -0.39 is 12.7 Å². The predicted molar refractivity (Wildman–Crippen MR) is 117 cm³/mol. The molecule has 1 saturated heterocycles. The fourth-order valence-electron chi connectivity index (χ4n) is 3.19. The highest BCUT2D eigenvalue weighted by molar-refractivity contribution is 14.0. The number of nitrogens with one attached hydrogen (secondary N) is 1. The number of aromatic nitrogens is 1. The molecule has 1 aromatic rings. The first kappa shape index (κ1) is 24.5. The Morgan fingerprint density at radius 2 is 2.15 bits per heavy atom. The summed E-state index contributed by atoms with van der Waals surface area (Å²) in [6, 6.07) is 2.06. The van der Waals surface area contributed by atoms with Gasteiger partial charge in [-0.25, -0.2) is 0 Å². The van der Waals surface area contributed by atoms with Crippen molar-refractivity contribution in [3.63, 3.8) is 0 Å². The molecule has 1 atom stereocenters. The van der Waals surface area contributed by atoms with Crippen LogP contribution in [0.2, 0.25) is 0 Å². The second-order valence-corrected chi connectivity index (χ2v) is 7.73. The third-order valence-corrected chi connectivity index (χ3v) is 4.88. The van der Waals surface area contributed by atoms with Gasteiger partial charge in [0, 0.05) is 50.1 Å². The summed E-state index contributed by atoms with van der Waals surface area (Å²) >= 11 is 3.47. The predicted octanol–water partition coefficient (Wildman–Crippen LogP) is 3.69. The van der Waals surface area contributed by atoms with Gasteiger partial charge in [-0.15, -0.1) is 24.0 Å². The molecule has 0 aromatic carbocycles. The molecule has 0 bridgehead atoms. The van der Waals surface area contributed by atoms with Crippen molar-refractivity contribution in [2.45, 2.75) is 26.1 Å². The molecule has 5 nitrogen and oxygen atoms in total. The second-order valence-electron chi connectivity index (χ2n) is 6.82. The van der Waals surface area contributed by atoms with E-state index in [0.717, 1.165) is 29.1 Å². The number of nitrogens with zero attached hydrogens (tertiary/aromatic N) is 4. The molecule has 1 aromatic heterocycles. The van der Waals surface area contributed by atoms with E-state index >= 15 is 0 Å². The lowest BCUT2D eigenvalue weighted by molar-refractivity contribution is -0.143. The van der Waals surface area contributed by atoms with Crippen LogP contribution in [0.3, 0.4) is 0 Å². The average Bonchev–Trinajstić information content (AvgIpc) is 3.08. The summed E-state index contributed by atoms with van der Waals surface area (Å²) in [5, 5.41) is 3.26. The van der Waals surface area contributed by atoms with Crippen LogP contribution in [0, 0.1) is 5.92 Å². The molecule has 1 N–H and O–H groups in total. The summed E-state index contributed by atoms with van der Waals surface area (Å²) in [5.41, 5.74) is 1.14. The zero-order chi connectivity index (χ0) is 19.3. The topological polar surface area (TPSA) is 35.8 Å². The van der Waals surface area contributed by atoms with Crippen LogP contribution in [0.15, 0.2) is 21.7 Å². The summed E-state index contributed by atoms with van der Waals surface area (Å²) in [4.78, 5) is 8.17. The molecule has 1 aliphatic rings. The van der Waals surface area contributed by atoms with E-state index in [1.54, 1.807) is 0 Å². The third-order valence-electron chi connectivity index (χ3n) is 4.44. The number of hydrogen-bond donors (Lipinski definition) is 1. The van der Waals surface area contributed by atoms with Crippen molar-refractivity contribution >= 4 is 45.9 Å². The van der Waals surface area contributed by atoms with Crippen molar-refractivity contribution in [1.29, 1.82) is 0 Å². The summed E-state index contributed by atoms with van der Waals surface area (Å²) in [7, 11) is 3.96. The smallest absolute Gasteiger partial charge is 0.357 e. The Morgan fingerprint density at radius 3 is 2.70 bits per heavy atom. The van der Waals surface area contributed by atoms with E-state index in [4.69, 9.17) is 0 Å². The molecule has 0 saturated carbocycles. The Kier molecular flexibility index (Phi) is 9.90.